The summed E-state index contributed by atoms with van der Waals surface area (Å²) in [6.45, 7) is 0. The molecule has 0 atom stereocenters. The first kappa shape index (κ1) is 18.9. The summed E-state index contributed by atoms with van der Waals surface area (Å²) in [5.74, 6) is 0.762. The molecule has 0 saturated carbocycles. The van der Waals surface area contributed by atoms with Gasteiger partial charge in [-0.05, 0) is 29.3 Å². The van der Waals surface area contributed by atoms with Crippen molar-refractivity contribution in [2.24, 2.45) is 0 Å². The van der Waals surface area contributed by atoms with Gasteiger partial charge in [-0.3, -0.25) is 4.72 Å². The molecule has 0 bridgehead atoms. The first-order valence-corrected chi connectivity index (χ1v) is 9.82. The molecule has 0 aliphatic heterocycles. The van der Waals surface area contributed by atoms with E-state index in [0.717, 1.165) is 11.0 Å². The molecule has 8 heteroatoms. The van der Waals surface area contributed by atoms with Gasteiger partial charge in [0.2, 0.25) is 0 Å². The van der Waals surface area contributed by atoms with Gasteiger partial charge in [-0.15, -0.1) is 0 Å². The van der Waals surface area contributed by atoms with Crippen LogP contribution in [0.25, 0.3) is 17.2 Å². The first-order valence-electron chi connectivity index (χ1n) is 7.89. The second-order valence-electron chi connectivity index (χ2n) is 5.48. The van der Waals surface area contributed by atoms with Crippen LogP contribution in [0.2, 0.25) is 5.15 Å². The van der Waals surface area contributed by atoms with E-state index < -0.39 is 10.0 Å². The number of rotatable bonds is 6. The van der Waals surface area contributed by atoms with Crippen LogP contribution in [0.3, 0.4) is 0 Å². The third-order valence-corrected chi connectivity index (χ3v) is 4.92. The average Bonchev–Trinajstić information content (AvgIpc) is 2.67. The van der Waals surface area contributed by atoms with Gasteiger partial charge in [-0.2, -0.15) is 0 Å². The van der Waals surface area contributed by atoms with Crippen molar-refractivity contribution in [3.05, 3.63) is 77.0 Å². The molecule has 27 heavy (non-hydrogen) atoms. The van der Waals surface area contributed by atoms with Gasteiger partial charge in [0.1, 0.15) is 17.2 Å². The molecule has 1 heterocycles. The largest absolute Gasteiger partial charge is 0.497 e. The van der Waals surface area contributed by atoms with E-state index in [9.17, 15) is 8.42 Å². The quantitative estimate of drug-likeness (QED) is 0.625. The Bertz CT molecular complexity index is 1050. The number of hydrogen-bond donors (Lipinski definition) is 1. The van der Waals surface area contributed by atoms with Gasteiger partial charge in [-0.25, -0.2) is 18.4 Å². The number of halogens is 1. The molecule has 138 valence electrons. The van der Waals surface area contributed by atoms with Crippen molar-refractivity contribution in [1.29, 1.82) is 0 Å². The zero-order valence-electron chi connectivity index (χ0n) is 14.3. The molecule has 0 amide bonds. The summed E-state index contributed by atoms with van der Waals surface area (Å²) in [6, 6.07) is 16.1. The van der Waals surface area contributed by atoms with E-state index in [2.05, 4.69) is 14.7 Å². The van der Waals surface area contributed by atoms with Crippen molar-refractivity contribution in [1.82, 2.24) is 9.97 Å². The maximum absolute atomic E-state index is 12.4. The highest BCUT2D eigenvalue weighted by Gasteiger charge is 2.16. The van der Waals surface area contributed by atoms with E-state index >= 15 is 0 Å². The van der Waals surface area contributed by atoms with Gasteiger partial charge < -0.3 is 4.74 Å². The standard InChI is InChI=1S/C19H16ClN3O3S/c1-26-16-9-7-15(8-10-16)17-18(20)21-13-22-19(17)23-27(24,25)12-11-14-5-3-2-4-6-14/h2-13H,1H3,(H,21,22,23). The Balaban J connectivity index is 1.92. The van der Waals surface area contributed by atoms with Crippen molar-refractivity contribution >= 4 is 33.5 Å². The van der Waals surface area contributed by atoms with Gasteiger partial charge in [-0.1, -0.05) is 54.1 Å². The molecule has 0 aliphatic carbocycles. The van der Waals surface area contributed by atoms with Crippen LogP contribution in [-0.2, 0) is 10.0 Å². The molecule has 0 saturated heterocycles. The third kappa shape index (κ3) is 4.84. The molecule has 0 spiro atoms. The summed E-state index contributed by atoms with van der Waals surface area (Å²) in [7, 11) is -2.24. The predicted octanol–water partition coefficient (Wildman–Crippen LogP) is 4.22. The molecule has 0 radical (unpaired) electrons. The monoisotopic (exact) mass is 401 g/mol. The Kier molecular flexibility index (Phi) is 5.73. The maximum atomic E-state index is 12.4. The fourth-order valence-electron chi connectivity index (χ4n) is 2.36. The highest BCUT2D eigenvalue weighted by atomic mass is 35.5. The van der Waals surface area contributed by atoms with E-state index in [4.69, 9.17) is 16.3 Å². The summed E-state index contributed by atoms with van der Waals surface area (Å²) in [6.07, 6.45) is 2.70. The Hall–Kier alpha value is -2.90. The molecule has 3 rings (SSSR count). The van der Waals surface area contributed by atoms with Crippen LogP contribution in [0.15, 0.2) is 66.3 Å². The SMILES string of the molecule is COc1ccc(-c2c(Cl)ncnc2NS(=O)(=O)C=Cc2ccccc2)cc1. The van der Waals surface area contributed by atoms with Crippen LogP contribution >= 0.6 is 11.6 Å². The Morgan fingerprint density at radius 2 is 1.74 bits per heavy atom. The summed E-state index contributed by atoms with van der Waals surface area (Å²) in [4.78, 5) is 8.00. The number of ether oxygens (including phenoxy) is 1. The second kappa shape index (κ2) is 8.20. The lowest BCUT2D eigenvalue weighted by molar-refractivity contribution is 0.415. The summed E-state index contributed by atoms with van der Waals surface area (Å²) < 4.78 is 32.5. The summed E-state index contributed by atoms with van der Waals surface area (Å²) in [5, 5.41) is 1.22. The zero-order chi connectivity index (χ0) is 19.3. The fraction of sp³-hybridized carbons (Fsp3) is 0.0526. The van der Waals surface area contributed by atoms with Crippen LogP contribution in [0.5, 0.6) is 5.75 Å². The molecule has 0 unspecified atom stereocenters. The number of hydrogen-bond acceptors (Lipinski definition) is 5. The van der Waals surface area contributed by atoms with Gasteiger partial charge in [0.15, 0.2) is 5.82 Å². The lowest BCUT2D eigenvalue weighted by atomic mass is 10.1. The number of sulfonamides is 1. The molecule has 0 aliphatic rings. The van der Waals surface area contributed by atoms with Crippen molar-refractivity contribution in [3.8, 4) is 16.9 Å². The summed E-state index contributed by atoms with van der Waals surface area (Å²) in [5.41, 5.74) is 1.81. The average molecular weight is 402 g/mol. The Morgan fingerprint density at radius 3 is 2.41 bits per heavy atom. The minimum Gasteiger partial charge on any atom is -0.497 e. The number of nitrogens with one attached hydrogen (secondary N) is 1. The van der Waals surface area contributed by atoms with E-state index in [1.165, 1.54) is 12.4 Å². The van der Waals surface area contributed by atoms with Crippen molar-refractivity contribution in [2.75, 3.05) is 11.8 Å². The Morgan fingerprint density at radius 1 is 1.04 bits per heavy atom. The highest BCUT2D eigenvalue weighted by Crippen LogP contribution is 2.33. The minimum absolute atomic E-state index is 0.0953. The molecule has 1 aromatic heterocycles. The number of methoxy groups -OCH3 is 1. The highest BCUT2D eigenvalue weighted by molar-refractivity contribution is 7.95. The lowest BCUT2D eigenvalue weighted by Crippen LogP contribution is -2.11. The first-order chi connectivity index (χ1) is 13.0. The lowest BCUT2D eigenvalue weighted by Gasteiger charge is -2.11. The number of nitrogens with zero attached hydrogens (tertiary/aromatic N) is 2. The molecular weight excluding hydrogens is 386 g/mol. The normalized spacial score (nSPS) is 11.5. The number of aromatic nitrogens is 2. The van der Waals surface area contributed by atoms with Crippen molar-refractivity contribution < 1.29 is 13.2 Å². The second-order valence-corrected chi connectivity index (χ2v) is 7.40. The topological polar surface area (TPSA) is 81.2 Å². The zero-order valence-corrected chi connectivity index (χ0v) is 15.9. The van der Waals surface area contributed by atoms with Gasteiger partial charge >= 0.3 is 0 Å². The van der Waals surface area contributed by atoms with Crippen LogP contribution in [0.1, 0.15) is 5.56 Å². The van der Waals surface area contributed by atoms with Crippen molar-refractivity contribution in [3.63, 3.8) is 0 Å². The fourth-order valence-corrected chi connectivity index (χ4v) is 3.43. The maximum Gasteiger partial charge on any atom is 0.256 e. The molecule has 3 aromatic rings. The van der Waals surface area contributed by atoms with Gasteiger partial charge in [0.25, 0.3) is 10.0 Å². The molecular formula is C19H16ClN3O3S. The Labute approximate surface area is 162 Å². The minimum atomic E-state index is -3.80. The van der Waals surface area contributed by atoms with E-state index in [-0.39, 0.29) is 11.0 Å². The van der Waals surface area contributed by atoms with E-state index in [1.807, 2.05) is 18.2 Å². The predicted molar refractivity (Wildman–Crippen MR) is 107 cm³/mol. The van der Waals surface area contributed by atoms with Crippen LogP contribution in [0.4, 0.5) is 5.82 Å². The van der Waals surface area contributed by atoms with Crippen LogP contribution in [-0.4, -0.2) is 25.5 Å². The van der Waals surface area contributed by atoms with Crippen LogP contribution in [0, 0.1) is 0 Å². The molecule has 0 fully saturated rings. The molecule has 1 N–H and O–H groups in total. The summed E-state index contributed by atoms with van der Waals surface area (Å²) >= 11 is 6.20. The number of anilines is 1. The molecule has 2 aromatic carbocycles. The van der Waals surface area contributed by atoms with Gasteiger partial charge in [0.05, 0.1) is 18.1 Å². The van der Waals surface area contributed by atoms with Crippen LogP contribution < -0.4 is 9.46 Å². The van der Waals surface area contributed by atoms with E-state index in [1.54, 1.807) is 43.5 Å². The molecule has 6 nitrogen and oxygen atoms in total. The smallest absolute Gasteiger partial charge is 0.256 e. The van der Waals surface area contributed by atoms with Gasteiger partial charge in [0, 0.05) is 0 Å². The van der Waals surface area contributed by atoms with Crippen molar-refractivity contribution in [2.45, 2.75) is 0 Å². The third-order valence-electron chi connectivity index (χ3n) is 3.66. The number of benzene rings is 2. The van der Waals surface area contributed by atoms with E-state index in [0.29, 0.717) is 16.9 Å².